The van der Waals surface area contributed by atoms with Crippen molar-refractivity contribution < 1.29 is 9.47 Å². The third-order valence-corrected chi connectivity index (χ3v) is 1.16. The Morgan fingerprint density at radius 2 is 2.00 bits per heavy atom. The molecule has 0 bridgehead atoms. The highest BCUT2D eigenvalue weighted by Crippen LogP contribution is 2.00. The third-order valence-electron chi connectivity index (χ3n) is 1.16. The Bertz CT molecular complexity index is 64.3. The Hall–Kier alpha value is -0.0800. The van der Waals surface area contributed by atoms with Crippen LogP contribution in [0.15, 0.2) is 0 Å². The number of rotatable bonds is 6. The van der Waals surface area contributed by atoms with E-state index in [4.69, 9.17) is 9.47 Å². The first kappa shape index (κ1) is 9.92. The molecule has 0 aliphatic carbocycles. The highest BCUT2D eigenvalue weighted by Gasteiger charge is 1.99. The van der Waals surface area contributed by atoms with Gasteiger partial charge in [0.25, 0.3) is 0 Å². The van der Waals surface area contributed by atoms with Crippen molar-refractivity contribution in [1.82, 2.24) is 0 Å². The molecule has 0 heterocycles. The molecule has 0 aliphatic rings. The number of hydrogen-bond donors (Lipinski definition) is 0. The molecule has 1 atom stereocenters. The fraction of sp³-hybridized carbons (Fsp3) is 0.875. The van der Waals surface area contributed by atoms with Gasteiger partial charge < -0.3 is 9.47 Å². The molecule has 0 amide bonds. The van der Waals surface area contributed by atoms with Gasteiger partial charge in [-0.15, -0.1) is 0 Å². The van der Waals surface area contributed by atoms with Crippen molar-refractivity contribution in [1.29, 1.82) is 0 Å². The summed E-state index contributed by atoms with van der Waals surface area (Å²) in [7, 11) is 0. The molecule has 0 fully saturated rings. The van der Waals surface area contributed by atoms with E-state index in [9.17, 15) is 0 Å². The van der Waals surface area contributed by atoms with Gasteiger partial charge in [0.1, 0.15) is 0 Å². The van der Waals surface area contributed by atoms with Crippen molar-refractivity contribution in [2.45, 2.75) is 33.3 Å². The Labute approximate surface area is 63.5 Å². The lowest BCUT2D eigenvalue weighted by Crippen LogP contribution is -2.08. The maximum atomic E-state index is 5.28. The first-order valence-electron chi connectivity index (χ1n) is 3.86. The van der Waals surface area contributed by atoms with E-state index in [2.05, 4.69) is 0 Å². The summed E-state index contributed by atoms with van der Waals surface area (Å²) in [6, 6.07) is 0. The minimum atomic E-state index is 0.288. The minimum absolute atomic E-state index is 0.288. The standard InChI is InChI=1S/C8H17O2/c1-4-9-7-6-8(3)10-5-2/h7-8H,4-6H2,1-3H3. The second-order valence-electron chi connectivity index (χ2n) is 2.12. The molecule has 0 aromatic rings. The van der Waals surface area contributed by atoms with Crippen LogP contribution in [0.3, 0.4) is 0 Å². The van der Waals surface area contributed by atoms with Crippen LogP contribution >= 0.6 is 0 Å². The van der Waals surface area contributed by atoms with E-state index < -0.39 is 0 Å². The van der Waals surface area contributed by atoms with Crippen molar-refractivity contribution in [3.63, 3.8) is 0 Å². The molecule has 0 rings (SSSR count). The van der Waals surface area contributed by atoms with Crippen molar-refractivity contribution in [3.05, 3.63) is 6.61 Å². The molecule has 0 aromatic heterocycles. The maximum absolute atomic E-state index is 5.28. The fourth-order valence-electron chi connectivity index (χ4n) is 0.674. The van der Waals surface area contributed by atoms with Crippen molar-refractivity contribution in [2.75, 3.05) is 13.2 Å². The van der Waals surface area contributed by atoms with Crippen LogP contribution in [-0.4, -0.2) is 19.3 Å². The molecule has 0 spiro atoms. The smallest absolute Gasteiger partial charge is 0.0862 e. The predicted molar refractivity (Wildman–Crippen MR) is 41.6 cm³/mol. The molecule has 2 heteroatoms. The van der Waals surface area contributed by atoms with Gasteiger partial charge in [0.2, 0.25) is 0 Å². The first-order valence-corrected chi connectivity index (χ1v) is 3.86. The van der Waals surface area contributed by atoms with E-state index in [0.29, 0.717) is 0 Å². The van der Waals surface area contributed by atoms with E-state index in [1.165, 1.54) is 0 Å². The molecule has 10 heavy (non-hydrogen) atoms. The van der Waals surface area contributed by atoms with E-state index in [0.717, 1.165) is 19.6 Å². The summed E-state index contributed by atoms with van der Waals surface area (Å²) in [4.78, 5) is 0. The lowest BCUT2D eigenvalue weighted by molar-refractivity contribution is 0.0597. The topological polar surface area (TPSA) is 18.5 Å². The van der Waals surface area contributed by atoms with Gasteiger partial charge in [-0.25, -0.2) is 0 Å². The summed E-state index contributed by atoms with van der Waals surface area (Å²) in [6.45, 7) is 9.35. The van der Waals surface area contributed by atoms with Crippen LogP contribution in [0.5, 0.6) is 0 Å². The first-order chi connectivity index (χ1) is 4.81. The Morgan fingerprint density at radius 3 is 2.50 bits per heavy atom. The normalized spacial score (nSPS) is 13.5. The largest absolute Gasteiger partial charge is 0.379 e. The van der Waals surface area contributed by atoms with Gasteiger partial charge >= 0.3 is 0 Å². The van der Waals surface area contributed by atoms with E-state index in [1.807, 2.05) is 20.8 Å². The van der Waals surface area contributed by atoms with Crippen LogP contribution < -0.4 is 0 Å². The van der Waals surface area contributed by atoms with Crippen LogP contribution in [0.2, 0.25) is 0 Å². The Balaban J connectivity index is 2.97. The van der Waals surface area contributed by atoms with Crippen LogP contribution in [0.4, 0.5) is 0 Å². The summed E-state index contributed by atoms with van der Waals surface area (Å²) < 4.78 is 10.3. The molecule has 0 saturated heterocycles. The minimum Gasteiger partial charge on any atom is -0.379 e. The molecular formula is C8H17O2. The summed E-state index contributed by atoms with van der Waals surface area (Å²) in [5.74, 6) is 0. The second kappa shape index (κ2) is 7.03. The summed E-state index contributed by atoms with van der Waals surface area (Å²) >= 11 is 0. The highest BCUT2D eigenvalue weighted by atomic mass is 16.5. The zero-order valence-corrected chi connectivity index (χ0v) is 7.09. The highest BCUT2D eigenvalue weighted by molar-refractivity contribution is 4.57. The Morgan fingerprint density at radius 1 is 1.30 bits per heavy atom. The van der Waals surface area contributed by atoms with Crippen molar-refractivity contribution in [3.8, 4) is 0 Å². The van der Waals surface area contributed by atoms with Crippen LogP contribution in [0.1, 0.15) is 27.2 Å². The van der Waals surface area contributed by atoms with Crippen LogP contribution in [0, 0.1) is 6.61 Å². The number of ether oxygens (including phenoxy) is 2. The van der Waals surface area contributed by atoms with E-state index in [1.54, 1.807) is 6.61 Å². The maximum Gasteiger partial charge on any atom is 0.0862 e. The molecule has 0 N–H and O–H groups in total. The van der Waals surface area contributed by atoms with Gasteiger partial charge in [-0.3, -0.25) is 0 Å². The quantitative estimate of drug-likeness (QED) is 0.532. The summed E-state index contributed by atoms with van der Waals surface area (Å²) in [6.07, 6.45) is 1.17. The molecule has 2 nitrogen and oxygen atoms in total. The molecule has 0 saturated carbocycles. The van der Waals surface area contributed by atoms with Crippen LogP contribution in [0.25, 0.3) is 0 Å². The van der Waals surface area contributed by atoms with Gasteiger partial charge in [-0.1, -0.05) is 0 Å². The lowest BCUT2D eigenvalue weighted by Gasteiger charge is -2.09. The zero-order chi connectivity index (χ0) is 7.82. The van der Waals surface area contributed by atoms with Gasteiger partial charge in [0, 0.05) is 19.6 Å². The summed E-state index contributed by atoms with van der Waals surface area (Å²) in [5, 5.41) is 0. The molecular weight excluding hydrogens is 128 g/mol. The third kappa shape index (κ3) is 6.05. The molecule has 61 valence electrons. The van der Waals surface area contributed by atoms with Gasteiger partial charge in [-0.05, 0) is 20.8 Å². The molecule has 1 radical (unpaired) electrons. The van der Waals surface area contributed by atoms with Crippen molar-refractivity contribution >= 4 is 0 Å². The average molecular weight is 145 g/mol. The van der Waals surface area contributed by atoms with Gasteiger partial charge in [0.05, 0.1) is 12.7 Å². The van der Waals surface area contributed by atoms with Crippen molar-refractivity contribution in [2.24, 2.45) is 0 Å². The molecule has 0 aromatic carbocycles. The van der Waals surface area contributed by atoms with Gasteiger partial charge in [0.15, 0.2) is 0 Å². The second-order valence-corrected chi connectivity index (χ2v) is 2.12. The molecule has 0 aliphatic heterocycles. The number of hydrogen-bond acceptors (Lipinski definition) is 2. The van der Waals surface area contributed by atoms with E-state index in [-0.39, 0.29) is 6.10 Å². The fourth-order valence-corrected chi connectivity index (χ4v) is 0.674. The zero-order valence-electron chi connectivity index (χ0n) is 7.09. The lowest BCUT2D eigenvalue weighted by atomic mass is 10.3. The monoisotopic (exact) mass is 145 g/mol. The summed E-state index contributed by atoms with van der Waals surface area (Å²) in [5.41, 5.74) is 0. The van der Waals surface area contributed by atoms with Crippen LogP contribution in [-0.2, 0) is 9.47 Å². The average Bonchev–Trinajstić information content (AvgIpc) is 1.89. The SMILES string of the molecule is CCO[CH]CC(C)OCC. The van der Waals surface area contributed by atoms with E-state index >= 15 is 0 Å². The van der Waals surface area contributed by atoms with Gasteiger partial charge in [-0.2, -0.15) is 0 Å². The predicted octanol–water partition coefficient (Wildman–Crippen LogP) is 2.00. The molecule has 1 unspecified atom stereocenters. The Kier molecular flexibility index (Phi) is 6.98.